The Morgan fingerprint density at radius 3 is 2.38 bits per heavy atom. The first-order valence-electron chi connectivity index (χ1n) is 8.94. The molecule has 0 aliphatic carbocycles. The number of hydrogen-bond donors (Lipinski definition) is 3. The van der Waals surface area contributed by atoms with Gasteiger partial charge in [-0.3, -0.25) is 4.79 Å². The number of piperidine rings is 1. The highest BCUT2D eigenvalue weighted by molar-refractivity contribution is 5.85. The van der Waals surface area contributed by atoms with Crippen LogP contribution in [-0.2, 0) is 11.2 Å². The van der Waals surface area contributed by atoms with Crippen molar-refractivity contribution >= 4 is 5.91 Å². The van der Waals surface area contributed by atoms with Gasteiger partial charge in [0.2, 0.25) is 0 Å². The molecule has 1 aliphatic rings. The van der Waals surface area contributed by atoms with Gasteiger partial charge in [0, 0.05) is 25.6 Å². The molecule has 5 heteroatoms. The van der Waals surface area contributed by atoms with Crippen LogP contribution >= 0.6 is 0 Å². The van der Waals surface area contributed by atoms with Gasteiger partial charge >= 0.3 is 0 Å². The fraction of sp³-hybridized carbons (Fsp3) is 0.381. The largest absolute Gasteiger partial charge is 0.508 e. The molecule has 1 atom stereocenters. The van der Waals surface area contributed by atoms with Crippen molar-refractivity contribution < 1.29 is 20.1 Å². The van der Waals surface area contributed by atoms with E-state index in [1.165, 1.54) is 6.07 Å². The van der Waals surface area contributed by atoms with E-state index in [0.717, 1.165) is 11.1 Å². The third-order valence-corrected chi connectivity index (χ3v) is 5.09. The van der Waals surface area contributed by atoms with Crippen LogP contribution in [0.2, 0.25) is 0 Å². The molecule has 2 aromatic rings. The third-order valence-electron chi connectivity index (χ3n) is 5.09. The van der Waals surface area contributed by atoms with Crippen molar-refractivity contribution in [1.82, 2.24) is 4.90 Å². The molecule has 5 nitrogen and oxygen atoms in total. The van der Waals surface area contributed by atoms with Crippen molar-refractivity contribution in [3.8, 4) is 11.5 Å². The summed E-state index contributed by atoms with van der Waals surface area (Å²) in [4.78, 5) is 14.5. The zero-order chi connectivity index (χ0) is 18.7. The molecule has 0 bridgehead atoms. The minimum absolute atomic E-state index is 0.0378. The van der Waals surface area contributed by atoms with Crippen molar-refractivity contribution in [1.29, 1.82) is 0 Å². The van der Waals surface area contributed by atoms with Crippen molar-refractivity contribution in [3.63, 3.8) is 0 Å². The van der Waals surface area contributed by atoms with Gasteiger partial charge in [-0.05, 0) is 42.9 Å². The lowest BCUT2D eigenvalue weighted by atomic mass is 9.87. The van der Waals surface area contributed by atoms with Crippen LogP contribution in [-0.4, -0.2) is 44.8 Å². The molecule has 0 aromatic heterocycles. The van der Waals surface area contributed by atoms with E-state index in [-0.39, 0.29) is 29.7 Å². The number of hydrogen-bond acceptors (Lipinski definition) is 4. The third kappa shape index (κ3) is 3.99. The van der Waals surface area contributed by atoms with E-state index < -0.39 is 5.60 Å². The van der Waals surface area contributed by atoms with Crippen LogP contribution in [0.25, 0.3) is 0 Å². The van der Waals surface area contributed by atoms with Crippen LogP contribution in [0.4, 0.5) is 0 Å². The van der Waals surface area contributed by atoms with Gasteiger partial charge in [0.15, 0.2) is 0 Å². The fourth-order valence-electron chi connectivity index (χ4n) is 3.68. The van der Waals surface area contributed by atoms with Gasteiger partial charge in [-0.1, -0.05) is 36.4 Å². The number of amides is 1. The topological polar surface area (TPSA) is 81.0 Å². The molecule has 3 rings (SSSR count). The van der Waals surface area contributed by atoms with Crippen LogP contribution in [0.1, 0.15) is 36.8 Å². The number of nitrogens with zero attached hydrogens (tertiary/aromatic N) is 1. The smallest absolute Gasteiger partial charge is 0.254 e. The maximum absolute atomic E-state index is 12.8. The Morgan fingerprint density at radius 2 is 1.77 bits per heavy atom. The molecule has 0 unspecified atom stereocenters. The van der Waals surface area contributed by atoms with Gasteiger partial charge in [-0.25, -0.2) is 0 Å². The molecule has 1 heterocycles. The number of phenolic OH excluding ortho intramolecular Hbond substituents is 2. The van der Waals surface area contributed by atoms with Gasteiger partial charge in [0.1, 0.15) is 17.1 Å². The second-order valence-corrected chi connectivity index (χ2v) is 7.25. The number of carbonyl (C=O) groups is 1. The lowest BCUT2D eigenvalue weighted by Gasteiger charge is -2.36. The first kappa shape index (κ1) is 18.3. The molecular formula is C21H25NO4. The Balaban J connectivity index is 1.62. The second kappa shape index (κ2) is 7.38. The molecule has 1 amide bonds. The number of rotatable bonds is 4. The standard InChI is InChI=1S/C21H25NO4/c1-21(26,14-15-5-3-2-4-6-15)20(25)22-11-9-16(10-12-22)18-8-7-17(23)13-19(18)24/h2-8,13,16,23-24,26H,9-12,14H2,1H3/t21-/m0/s1. The average Bonchev–Trinajstić information content (AvgIpc) is 2.62. The summed E-state index contributed by atoms with van der Waals surface area (Å²) in [5, 5.41) is 30.1. The zero-order valence-electron chi connectivity index (χ0n) is 14.9. The van der Waals surface area contributed by atoms with E-state index in [2.05, 4.69) is 0 Å². The van der Waals surface area contributed by atoms with Crippen molar-refractivity contribution in [2.24, 2.45) is 0 Å². The number of phenols is 2. The Hall–Kier alpha value is -2.53. The highest BCUT2D eigenvalue weighted by Crippen LogP contribution is 2.36. The number of carbonyl (C=O) groups excluding carboxylic acids is 1. The van der Waals surface area contributed by atoms with Crippen molar-refractivity contribution in [2.45, 2.75) is 37.7 Å². The van der Waals surface area contributed by atoms with Crippen LogP contribution in [0.3, 0.4) is 0 Å². The monoisotopic (exact) mass is 355 g/mol. The molecule has 0 spiro atoms. The van der Waals surface area contributed by atoms with Crippen molar-refractivity contribution in [2.75, 3.05) is 13.1 Å². The molecule has 0 saturated carbocycles. The highest BCUT2D eigenvalue weighted by Gasteiger charge is 2.36. The van der Waals surface area contributed by atoms with Crippen LogP contribution < -0.4 is 0 Å². The fourth-order valence-corrected chi connectivity index (χ4v) is 3.68. The van der Waals surface area contributed by atoms with Gasteiger partial charge < -0.3 is 20.2 Å². The van der Waals surface area contributed by atoms with Crippen molar-refractivity contribution in [3.05, 3.63) is 59.7 Å². The number of aromatic hydroxyl groups is 2. The van der Waals surface area contributed by atoms with E-state index in [4.69, 9.17) is 0 Å². The summed E-state index contributed by atoms with van der Waals surface area (Å²) in [5.74, 6) is 0.00938. The predicted molar refractivity (Wildman–Crippen MR) is 99.1 cm³/mol. The summed E-state index contributed by atoms with van der Waals surface area (Å²) in [6.45, 7) is 2.64. The summed E-state index contributed by atoms with van der Waals surface area (Å²) >= 11 is 0. The quantitative estimate of drug-likeness (QED) is 0.788. The molecule has 0 radical (unpaired) electrons. The lowest BCUT2D eigenvalue weighted by Crippen LogP contribution is -2.50. The Labute approximate surface area is 153 Å². The number of likely N-dealkylation sites (tertiary alicyclic amines) is 1. The normalized spacial score (nSPS) is 17.7. The molecule has 2 aromatic carbocycles. The van der Waals surface area contributed by atoms with Crippen LogP contribution in [0.15, 0.2) is 48.5 Å². The summed E-state index contributed by atoms with van der Waals surface area (Å²) in [7, 11) is 0. The first-order chi connectivity index (χ1) is 12.4. The maximum Gasteiger partial charge on any atom is 0.254 e. The summed E-state index contributed by atoms with van der Waals surface area (Å²) in [6.07, 6.45) is 1.71. The summed E-state index contributed by atoms with van der Waals surface area (Å²) < 4.78 is 0. The Kier molecular flexibility index (Phi) is 5.18. The summed E-state index contributed by atoms with van der Waals surface area (Å²) in [6, 6.07) is 14.1. The number of aliphatic hydroxyl groups is 1. The molecule has 138 valence electrons. The molecule has 1 aliphatic heterocycles. The summed E-state index contributed by atoms with van der Waals surface area (Å²) in [5.41, 5.74) is 0.287. The number of benzene rings is 2. The van der Waals surface area contributed by atoms with Gasteiger partial charge in [0.25, 0.3) is 5.91 Å². The van der Waals surface area contributed by atoms with E-state index >= 15 is 0 Å². The zero-order valence-corrected chi connectivity index (χ0v) is 14.9. The SMILES string of the molecule is C[C@](O)(Cc1ccccc1)C(=O)N1CCC(c2ccc(O)cc2O)CC1. The van der Waals surface area contributed by atoms with Gasteiger partial charge in [-0.2, -0.15) is 0 Å². The van der Waals surface area contributed by atoms with Gasteiger partial charge in [-0.15, -0.1) is 0 Å². The van der Waals surface area contributed by atoms with Crippen LogP contribution in [0, 0.1) is 0 Å². The van der Waals surface area contributed by atoms with E-state index in [1.807, 2.05) is 30.3 Å². The minimum atomic E-state index is -1.44. The minimum Gasteiger partial charge on any atom is -0.508 e. The molecular weight excluding hydrogens is 330 g/mol. The lowest BCUT2D eigenvalue weighted by molar-refractivity contribution is -0.150. The maximum atomic E-state index is 12.8. The second-order valence-electron chi connectivity index (χ2n) is 7.25. The molecule has 26 heavy (non-hydrogen) atoms. The van der Waals surface area contributed by atoms with E-state index in [0.29, 0.717) is 25.9 Å². The molecule has 1 saturated heterocycles. The first-order valence-corrected chi connectivity index (χ1v) is 8.94. The molecule has 1 fully saturated rings. The highest BCUT2D eigenvalue weighted by atomic mass is 16.3. The van der Waals surface area contributed by atoms with Crippen LogP contribution in [0.5, 0.6) is 11.5 Å². The van der Waals surface area contributed by atoms with E-state index in [9.17, 15) is 20.1 Å². The molecule has 3 N–H and O–H groups in total. The Morgan fingerprint density at radius 1 is 1.12 bits per heavy atom. The van der Waals surface area contributed by atoms with Gasteiger partial charge in [0.05, 0.1) is 0 Å². The van der Waals surface area contributed by atoms with E-state index in [1.54, 1.807) is 24.0 Å². The average molecular weight is 355 g/mol. The Bertz CT molecular complexity index is 765. The predicted octanol–water partition coefficient (Wildman–Crippen LogP) is 2.80.